The Labute approximate surface area is 172 Å². The molecule has 0 fully saturated rings. The standard InChI is InChI=1S/C21H20F2N4OS/c1-3-13-27-20(15-5-7-16(22)8-6-15)24-25-21(27)29-14-19(28)26(4-2)18-11-9-17(23)10-12-18/h3,5-12H,1,4,13-14H2,2H3. The minimum Gasteiger partial charge on any atom is -0.312 e. The van der Waals surface area contributed by atoms with Gasteiger partial charge in [-0.25, -0.2) is 8.78 Å². The van der Waals surface area contributed by atoms with E-state index in [1.165, 1.54) is 36.0 Å². The van der Waals surface area contributed by atoms with Crippen molar-refractivity contribution in [1.29, 1.82) is 0 Å². The molecule has 1 amide bonds. The first-order valence-electron chi connectivity index (χ1n) is 9.02. The molecule has 1 aromatic heterocycles. The lowest BCUT2D eigenvalue weighted by Gasteiger charge is -2.20. The van der Waals surface area contributed by atoms with Gasteiger partial charge in [-0.05, 0) is 55.5 Å². The maximum atomic E-state index is 13.2. The van der Waals surface area contributed by atoms with Crippen LogP contribution in [0.3, 0.4) is 0 Å². The van der Waals surface area contributed by atoms with E-state index < -0.39 is 0 Å². The summed E-state index contributed by atoms with van der Waals surface area (Å²) in [7, 11) is 0. The predicted molar refractivity (Wildman–Crippen MR) is 111 cm³/mol. The third-order valence-corrected chi connectivity index (χ3v) is 5.16. The van der Waals surface area contributed by atoms with Crippen LogP contribution in [-0.4, -0.2) is 33.0 Å². The van der Waals surface area contributed by atoms with Gasteiger partial charge in [-0.1, -0.05) is 17.8 Å². The maximum absolute atomic E-state index is 13.2. The number of amides is 1. The van der Waals surface area contributed by atoms with Gasteiger partial charge in [0.1, 0.15) is 11.6 Å². The van der Waals surface area contributed by atoms with Crippen molar-refractivity contribution in [2.45, 2.75) is 18.6 Å². The van der Waals surface area contributed by atoms with Crippen molar-refractivity contribution in [3.05, 3.63) is 72.8 Å². The molecular formula is C21H20F2N4OS. The van der Waals surface area contributed by atoms with Crippen LogP contribution in [0.2, 0.25) is 0 Å². The Morgan fingerprint density at radius 2 is 1.72 bits per heavy atom. The second-order valence-corrected chi connectivity index (χ2v) is 7.06. The topological polar surface area (TPSA) is 51.0 Å². The summed E-state index contributed by atoms with van der Waals surface area (Å²) in [6.45, 7) is 6.53. The van der Waals surface area contributed by atoms with Crippen LogP contribution in [-0.2, 0) is 11.3 Å². The van der Waals surface area contributed by atoms with E-state index in [9.17, 15) is 13.6 Å². The number of rotatable bonds is 8. The average molecular weight is 414 g/mol. The number of hydrogen-bond donors (Lipinski definition) is 0. The molecule has 0 N–H and O–H groups in total. The van der Waals surface area contributed by atoms with Crippen molar-refractivity contribution in [3.8, 4) is 11.4 Å². The van der Waals surface area contributed by atoms with Gasteiger partial charge in [-0.15, -0.1) is 16.8 Å². The molecule has 0 aliphatic rings. The lowest BCUT2D eigenvalue weighted by Crippen LogP contribution is -2.32. The summed E-state index contributed by atoms with van der Waals surface area (Å²) in [6.07, 6.45) is 1.71. The Morgan fingerprint density at radius 3 is 2.31 bits per heavy atom. The van der Waals surface area contributed by atoms with E-state index in [0.29, 0.717) is 29.8 Å². The second kappa shape index (κ2) is 9.47. The van der Waals surface area contributed by atoms with Crippen LogP contribution in [0.1, 0.15) is 6.92 Å². The molecule has 29 heavy (non-hydrogen) atoms. The molecule has 0 saturated carbocycles. The third-order valence-electron chi connectivity index (χ3n) is 4.21. The zero-order chi connectivity index (χ0) is 20.8. The molecule has 0 atom stereocenters. The molecule has 0 bridgehead atoms. The highest BCUT2D eigenvalue weighted by Gasteiger charge is 2.18. The summed E-state index contributed by atoms with van der Waals surface area (Å²) in [5.41, 5.74) is 1.36. The zero-order valence-electron chi connectivity index (χ0n) is 15.9. The number of nitrogens with zero attached hydrogens (tertiary/aromatic N) is 4. The number of thioether (sulfide) groups is 1. The van der Waals surface area contributed by atoms with Crippen molar-refractivity contribution in [3.63, 3.8) is 0 Å². The van der Waals surface area contributed by atoms with E-state index >= 15 is 0 Å². The number of carbonyl (C=O) groups excluding carboxylic acids is 1. The molecule has 0 radical (unpaired) electrons. The molecule has 0 spiro atoms. The average Bonchev–Trinajstić information content (AvgIpc) is 3.12. The lowest BCUT2D eigenvalue weighted by atomic mass is 10.2. The minimum absolute atomic E-state index is 0.124. The van der Waals surface area contributed by atoms with E-state index in [-0.39, 0.29) is 23.3 Å². The van der Waals surface area contributed by atoms with E-state index in [1.807, 2.05) is 11.5 Å². The van der Waals surface area contributed by atoms with Crippen molar-refractivity contribution >= 4 is 23.4 Å². The largest absolute Gasteiger partial charge is 0.312 e. The second-order valence-electron chi connectivity index (χ2n) is 6.12. The first-order chi connectivity index (χ1) is 14.0. The predicted octanol–water partition coefficient (Wildman–Crippen LogP) is 4.55. The van der Waals surface area contributed by atoms with Gasteiger partial charge in [0.15, 0.2) is 11.0 Å². The molecule has 3 rings (SSSR count). The Morgan fingerprint density at radius 1 is 1.10 bits per heavy atom. The van der Waals surface area contributed by atoms with Gasteiger partial charge < -0.3 is 4.90 Å². The number of allylic oxidation sites excluding steroid dienone is 1. The number of aromatic nitrogens is 3. The monoisotopic (exact) mass is 414 g/mol. The van der Waals surface area contributed by atoms with Crippen LogP contribution in [0.5, 0.6) is 0 Å². The number of anilines is 1. The molecule has 1 heterocycles. The van der Waals surface area contributed by atoms with Crippen LogP contribution >= 0.6 is 11.8 Å². The van der Waals surface area contributed by atoms with Crippen LogP contribution in [0.25, 0.3) is 11.4 Å². The molecule has 2 aromatic carbocycles. The van der Waals surface area contributed by atoms with Gasteiger partial charge in [-0.3, -0.25) is 9.36 Å². The van der Waals surface area contributed by atoms with E-state index in [4.69, 9.17) is 0 Å². The first kappa shape index (κ1) is 20.7. The molecule has 5 nitrogen and oxygen atoms in total. The summed E-state index contributed by atoms with van der Waals surface area (Å²) in [5.74, 6) is -0.0860. The van der Waals surface area contributed by atoms with Gasteiger partial charge in [0.25, 0.3) is 0 Å². The summed E-state index contributed by atoms with van der Waals surface area (Å²) < 4.78 is 28.2. The summed E-state index contributed by atoms with van der Waals surface area (Å²) in [4.78, 5) is 14.3. The lowest BCUT2D eigenvalue weighted by molar-refractivity contribution is -0.116. The van der Waals surface area contributed by atoms with Crippen LogP contribution < -0.4 is 4.90 Å². The number of benzene rings is 2. The fourth-order valence-electron chi connectivity index (χ4n) is 2.83. The number of hydrogen-bond acceptors (Lipinski definition) is 4. The molecule has 0 unspecified atom stereocenters. The van der Waals surface area contributed by atoms with Crippen molar-refractivity contribution in [2.75, 3.05) is 17.2 Å². The van der Waals surface area contributed by atoms with Crippen LogP contribution in [0, 0.1) is 11.6 Å². The Kier molecular flexibility index (Phi) is 6.77. The molecule has 0 aliphatic heterocycles. The van der Waals surface area contributed by atoms with E-state index in [1.54, 1.807) is 35.2 Å². The number of halogens is 2. The Hall–Kier alpha value is -3.00. The number of carbonyl (C=O) groups is 1. The Bertz CT molecular complexity index is 987. The summed E-state index contributed by atoms with van der Waals surface area (Å²) in [6, 6.07) is 11.8. The SMILES string of the molecule is C=CCn1c(SCC(=O)N(CC)c2ccc(F)cc2)nnc1-c1ccc(F)cc1. The summed E-state index contributed by atoms with van der Waals surface area (Å²) >= 11 is 1.26. The molecule has 8 heteroatoms. The normalized spacial score (nSPS) is 10.7. The van der Waals surface area contributed by atoms with Crippen molar-refractivity contribution in [2.24, 2.45) is 0 Å². The maximum Gasteiger partial charge on any atom is 0.237 e. The highest BCUT2D eigenvalue weighted by Crippen LogP contribution is 2.25. The summed E-state index contributed by atoms with van der Waals surface area (Å²) in [5, 5.41) is 8.95. The highest BCUT2D eigenvalue weighted by atomic mass is 32.2. The van der Waals surface area contributed by atoms with Crippen LogP contribution in [0.15, 0.2) is 66.3 Å². The highest BCUT2D eigenvalue weighted by molar-refractivity contribution is 7.99. The Balaban J connectivity index is 1.77. The van der Waals surface area contributed by atoms with Gasteiger partial charge >= 0.3 is 0 Å². The molecular weight excluding hydrogens is 394 g/mol. The van der Waals surface area contributed by atoms with E-state index in [2.05, 4.69) is 16.8 Å². The fourth-order valence-corrected chi connectivity index (χ4v) is 3.65. The third kappa shape index (κ3) is 4.89. The fraction of sp³-hybridized carbons (Fsp3) is 0.190. The molecule has 0 aliphatic carbocycles. The zero-order valence-corrected chi connectivity index (χ0v) is 16.7. The van der Waals surface area contributed by atoms with Gasteiger partial charge in [0.05, 0.1) is 5.75 Å². The van der Waals surface area contributed by atoms with Crippen molar-refractivity contribution < 1.29 is 13.6 Å². The molecule has 150 valence electrons. The van der Waals surface area contributed by atoms with Gasteiger partial charge in [0.2, 0.25) is 5.91 Å². The van der Waals surface area contributed by atoms with Gasteiger partial charge in [0, 0.05) is 24.3 Å². The van der Waals surface area contributed by atoms with E-state index in [0.717, 1.165) is 5.56 Å². The van der Waals surface area contributed by atoms with Crippen LogP contribution in [0.4, 0.5) is 14.5 Å². The smallest absolute Gasteiger partial charge is 0.237 e. The quantitative estimate of drug-likeness (QED) is 0.401. The van der Waals surface area contributed by atoms with Crippen molar-refractivity contribution in [1.82, 2.24) is 14.8 Å². The van der Waals surface area contributed by atoms with Gasteiger partial charge in [-0.2, -0.15) is 0 Å². The molecule has 3 aromatic rings. The first-order valence-corrected chi connectivity index (χ1v) is 10.0. The minimum atomic E-state index is -0.350. The molecule has 0 saturated heterocycles.